The lowest BCUT2D eigenvalue weighted by Gasteiger charge is -2.12. The highest BCUT2D eigenvalue weighted by Gasteiger charge is 2.14. The molecule has 140 valence electrons. The standard InChI is InChI=1S/C21H16ClN3O3/c1-2-11-24-21(27)15-6-3-4-8-17(15)25-19(26)13-28-18-10-9-16(22)14-7-5-12-23-20(14)18/h1,3-10,12H,11,13H2,(H,24,27)(H,25,26). The van der Waals surface area contributed by atoms with E-state index in [1.165, 1.54) is 0 Å². The molecule has 0 saturated carbocycles. The number of benzene rings is 2. The van der Waals surface area contributed by atoms with Gasteiger partial charge in [0.05, 0.1) is 22.8 Å². The molecule has 3 aromatic rings. The lowest BCUT2D eigenvalue weighted by Crippen LogP contribution is -2.26. The molecule has 0 radical (unpaired) electrons. The van der Waals surface area contributed by atoms with E-state index in [2.05, 4.69) is 21.5 Å². The number of terminal acetylenes is 1. The third-order valence-electron chi connectivity index (χ3n) is 3.83. The summed E-state index contributed by atoms with van der Waals surface area (Å²) in [4.78, 5) is 28.7. The predicted molar refractivity (Wildman–Crippen MR) is 108 cm³/mol. The van der Waals surface area contributed by atoms with Gasteiger partial charge in [0.25, 0.3) is 11.8 Å². The third-order valence-corrected chi connectivity index (χ3v) is 4.16. The monoisotopic (exact) mass is 393 g/mol. The first-order valence-electron chi connectivity index (χ1n) is 8.36. The van der Waals surface area contributed by atoms with Crippen molar-refractivity contribution in [3.63, 3.8) is 0 Å². The molecule has 0 fully saturated rings. The number of aromatic nitrogens is 1. The number of fused-ring (bicyclic) bond motifs is 1. The van der Waals surface area contributed by atoms with Crippen LogP contribution in [0.2, 0.25) is 5.02 Å². The largest absolute Gasteiger partial charge is 0.481 e. The summed E-state index contributed by atoms with van der Waals surface area (Å²) in [6.45, 7) is -0.158. The topological polar surface area (TPSA) is 80.3 Å². The van der Waals surface area contributed by atoms with Crippen LogP contribution in [0.25, 0.3) is 10.9 Å². The summed E-state index contributed by atoms with van der Waals surface area (Å²) in [7, 11) is 0. The summed E-state index contributed by atoms with van der Waals surface area (Å²) >= 11 is 6.16. The number of carbonyl (C=O) groups is 2. The van der Waals surface area contributed by atoms with Crippen molar-refractivity contribution in [1.29, 1.82) is 0 Å². The molecule has 0 saturated heterocycles. The molecular weight excluding hydrogens is 378 g/mol. The Bertz CT molecular complexity index is 1080. The minimum Gasteiger partial charge on any atom is -0.481 e. The van der Waals surface area contributed by atoms with Crippen molar-refractivity contribution in [3.8, 4) is 18.1 Å². The Morgan fingerprint density at radius 3 is 2.79 bits per heavy atom. The number of para-hydroxylation sites is 1. The molecule has 7 heteroatoms. The van der Waals surface area contributed by atoms with Crippen LogP contribution < -0.4 is 15.4 Å². The number of nitrogens with zero attached hydrogens (tertiary/aromatic N) is 1. The summed E-state index contributed by atoms with van der Waals surface area (Å²) in [6.07, 6.45) is 6.77. The van der Waals surface area contributed by atoms with Gasteiger partial charge in [-0.15, -0.1) is 6.42 Å². The van der Waals surface area contributed by atoms with E-state index < -0.39 is 5.91 Å². The molecule has 2 amide bonds. The Kier molecular flexibility index (Phi) is 6.10. The zero-order chi connectivity index (χ0) is 19.9. The number of halogens is 1. The molecule has 6 nitrogen and oxygen atoms in total. The summed E-state index contributed by atoms with van der Waals surface area (Å²) in [5, 5.41) is 6.52. The van der Waals surface area contributed by atoms with Crippen molar-refractivity contribution in [2.45, 2.75) is 0 Å². The number of carbonyl (C=O) groups excluding carboxylic acids is 2. The van der Waals surface area contributed by atoms with Crippen molar-refractivity contribution in [2.24, 2.45) is 0 Å². The maximum Gasteiger partial charge on any atom is 0.262 e. The van der Waals surface area contributed by atoms with Gasteiger partial charge in [0.2, 0.25) is 0 Å². The van der Waals surface area contributed by atoms with Crippen LogP contribution in [0.3, 0.4) is 0 Å². The van der Waals surface area contributed by atoms with Crippen LogP contribution in [0, 0.1) is 12.3 Å². The van der Waals surface area contributed by atoms with Gasteiger partial charge in [-0.25, -0.2) is 0 Å². The smallest absolute Gasteiger partial charge is 0.262 e. The molecule has 0 atom stereocenters. The van der Waals surface area contributed by atoms with Gasteiger partial charge in [-0.2, -0.15) is 0 Å². The maximum atomic E-state index is 12.3. The zero-order valence-electron chi connectivity index (χ0n) is 14.7. The summed E-state index contributed by atoms with van der Waals surface area (Å²) < 4.78 is 5.61. The van der Waals surface area contributed by atoms with Gasteiger partial charge in [0.1, 0.15) is 11.3 Å². The highest BCUT2D eigenvalue weighted by atomic mass is 35.5. The fraction of sp³-hybridized carbons (Fsp3) is 0.0952. The SMILES string of the molecule is C#CCNC(=O)c1ccccc1NC(=O)COc1ccc(Cl)c2cccnc12. The van der Waals surface area contributed by atoms with Gasteiger partial charge in [-0.1, -0.05) is 29.7 Å². The molecule has 0 aliphatic carbocycles. The van der Waals surface area contributed by atoms with Gasteiger partial charge >= 0.3 is 0 Å². The van der Waals surface area contributed by atoms with Gasteiger partial charge < -0.3 is 15.4 Å². The average Bonchev–Trinajstić information content (AvgIpc) is 2.72. The first kappa shape index (κ1) is 19.2. The van der Waals surface area contributed by atoms with Crippen LogP contribution in [-0.2, 0) is 4.79 Å². The number of pyridine rings is 1. The van der Waals surface area contributed by atoms with Gasteiger partial charge in [0, 0.05) is 11.6 Å². The first-order chi connectivity index (χ1) is 13.6. The van der Waals surface area contributed by atoms with Crippen molar-refractivity contribution >= 4 is 40.0 Å². The molecule has 0 aliphatic rings. The molecule has 0 aliphatic heterocycles. The van der Waals surface area contributed by atoms with Crippen LogP contribution in [0.4, 0.5) is 5.69 Å². The average molecular weight is 394 g/mol. The van der Waals surface area contributed by atoms with E-state index in [0.29, 0.717) is 27.5 Å². The highest BCUT2D eigenvalue weighted by Crippen LogP contribution is 2.29. The molecule has 1 aromatic heterocycles. The molecule has 2 aromatic carbocycles. The fourth-order valence-corrected chi connectivity index (χ4v) is 2.79. The van der Waals surface area contributed by atoms with Gasteiger partial charge in [-0.05, 0) is 36.4 Å². The summed E-state index contributed by atoms with van der Waals surface area (Å²) in [5.41, 5.74) is 1.24. The van der Waals surface area contributed by atoms with Crippen molar-refractivity contribution in [1.82, 2.24) is 10.3 Å². The van der Waals surface area contributed by atoms with E-state index in [9.17, 15) is 9.59 Å². The van der Waals surface area contributed by atoms with Crippen LogP contribution >= 0.6 is 11.6 Å². The lowest BCUT2D eigenvalue weighted by atomic mass is 10.1. The molecule has 2 N–H and O–H groups in total. The molecule has 0 unspecified atom stereocenters. The Balaban J connectivity index is 1.70. The number of anilines is 1. The number of hydrogen-bond donors (Lipinski definition) is 2. The van der Waals surface area contributed by atoms with Gasteiger partial charge in [-0.3, -0.25) is 14.6 Å². The molecule has 0 spiro atoms. The van der Waals surface area contributed by atoms with E-state index in [1.54, 1.807) is 48.7 Å². The van der Waals surface area contributed by atoms with E-state index in [4.69, 9.17) is 22.8 Å². The number of ether oxygens (including phenoxy) is 1. The summed E-state index contributed by atoms with van der Waals surface area (Å²) in [6, 6.07) is 13.6. The third kappa shape index (κ3) is 4.40. The Morgan fingerprint density at radius 1 is 1.14 bits per heavy atom. The summed E-state index contributed by atoms with van der Waals surface area (Å²) in [5.74, 6) is 1.98. The second kappa shape index (κ2) is 8.89. The molecule has 3 rings (SSSR count). The second-order valence-corrected chi connectivity index (χ2v) is 6.12. The van der Waals surface area contributed by atoms with Gasteiger partial charge in [0.15, 0.2) is 6.61 Å². The van der Waals surface area contributed by atoms with Crippen LogP contribution in [-0.4, -0.2) is 29.9 Å². The number of nitrogens with one attached hydrogen (secondary N) is 2. The zero-order valence-corrected chi connectivity index (χ0v) is 15.5. The van der Waals surface area contributed by atoms with E-state index in [-0.39, 0.29) is 19.1 Å². The predicted octanol–water partition coefficient (Wildman–Crippen LogP) is 3.27. The van der Waals surface area contributed by atoms with E-state index >= 15 is 0 Å². The highest BCUT2D eigenvalue weighted by molar-refractivity contribution is 6.35. The van der Waals surface area contributed by atoms with E-state index in [0.717, 1.165) is 5.39 Å². The number of amides is 2. The molecule has 0 bridgehead atoms. The number of rotatable bonds is 6. The number of hydrogen-bond acceptors (Lipinski definition) is 4. The Hall–Kier alpha value is -3.56. The normalized spacial score (nSPS) is 10.1. The van der Waals surface area contributed by atoms with Crippen LogP contribution in [0.5, 0.6) is 5.75 Å². The molecule has 28 heavy (non-hydrogen) atoms. The quantitative estimate of drug-likeness (QED) is 0.630. The lowest BCUT2D eigenvalue weighted by molar-refractivity contribution is -0.118. The van der Waals surface area contributed by atoms with Crippen LogP contribution in [0.1, 0.15) is 10.4 Å². The molecule has 1 heterocycles. The van der Waals surface area contributed by atoms with E-state index in [1.807, 2.05) is 6.07 Å². The van der Waals surface area contributed by atoms with Crippen molar-refractivity contribution in [3.05, 3.63) is 65.3 Å². The fourth-order valence-electron chi connectivity index (χ4n) is 2.57. The Labute approximate surface area is 166 Å². The van der Waals surface area contributed by atoms with Crippen molar-refractivity contribution in [2.75, 3.05) is 18.5 Å². The minimum absolute atomic E-state index is 0.0981. The van der Waals surface area contributed by atoms with Crippen molar-refractivity contribution < 1.29 is 14.3 Å². The minimum atomic E-state index is -0.420. The van der Waals surface area contributed by atoms with Crippen LogP contribution in [0.15, 0.2) is 54.7 Å². The first-order valence-corrected chi connectivity index (χ1v) is 8.74. The maximum absolute atomic E-state index is 12.3. The molecular formula is C21H16ClN3O3. The second-order valence-electron chi connectivity index (χ2n) is 5.71. The Morgan fingerprint density at radius 2 is 1.96 bits per heavy atom.